The number of tetrazole rings is 1. The van der Waals surface area contributed by atoms with Crippen LogP contribution in [0.3, 0.4) is 0 Å². The second-order valence-corrected chi connectivity index (χ2v) is 8.44. The number of nitrogens with zero attached hydrogens (tertiary/aromatic N) is 6. The highest BCUT2D eigenvalue weighted by Gasteiger charge is 2.21. The van der Waals surface area contributed by atoms with Crippen LogP contribution in [0.1, 0.15) is 26.6 Å². The molecule has 7 nitrogen and oxygen atoms in total. The molecule has 2 aromatic heterocycles. The van der Waals surface area contributed by atoms with Crippen LogP contribution >= 0.6 is 11.8 Å². The lowest BCUT2D eigenvalue weighted by Crippen LogP contribution is -2.25. The summed E-state index contributed by atoms with van der Waals surface area (Å²) < 4.78 is 16.7. The Labute approximate surface area is 170 Å². The van der Waals surface area contributed by atoms with E-state index in [1.807, 2.05) is 26.8 Å². The van der Waals surface area contributed by atoms with E-state index >= 15 is 0 Å². The van der Waals surface area contributed by atoms with Crippen LogP contribution in [0.2, 0.25) is 0 Å². The molecule has 2 heterocycles. The lowest BCUT2D eigenvalue weighted by molar-refractivity contribution is 0.321. The molecule has 29 heavy (non-hydrogen) atoms. The van der Waals surface area contributed by atoms with Gasteiger partial charge in [-0.05, 0) is 67.6 Å². The van der Waals surface area contributed by atoms with E-state index in [1.165, 1.54) is 28.5 Å². The summed E-state index contributed by atoms with van der Waals surface area (Å²) in [6, 6.07) is 13.0. The predicted molar refractivity (Wildman–Crippen MR) is 110 cm³/mol. The number of fused-ring (bicyclic) bond motifs is 1. The maximum absolute atomic E-state index is 13.4. The van der Waals surface area contributed by atoms with Gasteiger partial charge in [0.1, 0.15) is 11.6 Å². The average molecular weight is 410 g/mol. The zero-order valence-corrected chi connectivity index (χ0v) is 17.0. The minimum Gasteiger partial charge on any atom is -0.268 e. The van der Waals surface area contributed by atoms with E-state index in [0.29, 0.717) is 33.3 Å². The minimum atomic E-state index is -0.365. The van der Waals surface area contributed by atoms with Crippen LogP contribution in [-0.2, 0) is 11.3 Å². The first kappa shape index (κ1) is 19.3. The third-order valence-corrected chi connectivity index (χ3v) is 5.25. The van der Waals surface area contributed by atoms with Gasteiger partial charge in [-0.25, -0.2) is 14.1 Å². The second-order valence-electron chi connectivity index (χ2n) is 7.49. The van der Waals surface area contributed by atoms with E-state index in [9.17, 15) is 9.18 Å². The summed E-state index contributed by atoms with van der Waals surface area (Å²) in [6.07, 6.45) is 0. The number of aromatic nitrogens is 6. The molecule has 0 atom stereocenters. The van der Waals surface area contributed by atoms with E-state index in [2.05, 4.69) is 15.5 Å². The van der Waals surface area contributed by atoms with Gasteiger partial charge in [-0.15, -0.1) is 5.10 Å². The fourth-order valence-electron chi connectivity index (χ4n) is 2.95. The van der Waals surface area contributed by atoms with Gasteiger partial charge < -0.3 is 0 Å². The van der Waals surface area contributed by atoms with Crippen molar-refractivity contribution in [3.05, 3.63) is 70.5 Å². The van der Waals surface area contributed by atoms with Gasteiger partial charge in [0.25, 0.3) is 5.56 Å². The molecule has 0 saturated carbocycles. The molecule has 0 fully saturated rings. The topological polar surface area (TPSA) is 78.5 Å². The summed E-state index contributed by atoms with van der Waals surface area (Å²) in [6.45, 7) is 6.03. The summed E-state index contributed by atoms with van der Waals surface area (Å²) in [5.41, 5.74) is 0.690. The highest BCUT2D eigenvalue weighted by Crippen LogP contribution is 2.25. The Kier molecular flexibility index (Phi) is 4.91. The molecule has 0 saturated heterocycles. The van der Waals surface area contributed by atoms with Crippen molar-refractivity contribution in [3.63, 3.8) is 0 Å². The summed E-state index contributed by atoms with van der Waals surface area (Å²) in [5.74, 6) is 0.540. The molecule has 0 radical (unpaired) electrons. The Hall–Kier alpha value is -3.07. The van der Waals surface area contributed by atoms with Crippen molar-refractivity contribution in [2.75, 3.05) is 0 Å². The van der Waals surface area contributed by atoms with E-state index in [1.54, 1.807) is 35.0 Å². The number of rotatable bonds is 4. The Bertz CT molecular complexity index is 1230. The first-order valence-corrected chi connectivity index (χ1v) is 10.0. The van der Waals surface area contributed by atoms with Crippen molar-refractivity contribution in [2.45, 2.75) is 37.2 Å². The normalized spacial score (nSPS) is 11.9. The summed E-state index contributed by atoms with van der Waals surface area (Å²) in [5, 5.41) is 13.1. The molecule has 0 N–H and O–H groups in total. The molecule has 0 spiro atoms. The summed E-state index contributed by atoms with van der Waals surface area (Å²) >= 11 is 1.39. The third-order valence-electron chi connectivity index (χ3n) is 4.34. The largest absolute Gasteiger partial charge is 0.268 e. The number of hydrogen-bond donors (Lipinski definition) is 0. The molecule has 9 heteroatoms. The Morgan fingerprint density at radius 2 is 1.79 bits per heavy atom. The number of benzene rings is 2. The molecule has 0 aliphatic heterocycles. The fourth-order valence-corrected chi connectivity index (χ4v) is 3.93. The van der Waals surface area contributed by atoms with Crippen molar-refractivity contribution in [1.29, 1.82) is 0 Å². The number of hydrogen-bond acceptors (Lipinski definition) is 6. The van der Waals surface area contributed by atoms with E-state index in [-0.39, 0.29) is 16.9 Å². The second kappa shape index (κ2) is 7.40. The van der Waals surface area contributed by atoms with Gasteiger partial charge in [-0.2, -0.15) is 0 Å². The molecular formula is C20H19FN6OS. The molecule has 0 aliphatic carbocycles. The highest BCUT2D eigenvalue weighted by atomic mass is 32.2. The zero-order valence-electron chi connectivity index (χ0n) is 16.2. The van der Waals surface area contributed by atoms with Gasteiger partial charge in [-0.1, -0.05) is 23.9 Å². The van der Waals surface area contributed by atoms with Gasteiger partial charge in [0, 0.05) is 0 Å². The molecular weight excluding hydrogens is 391 g/mol. The standard InChI is InChI=1S/C20H19FN6OS/c1-20(2,3)27-19(23-24-25-27)29-12-17-22-16-7-5-4-6-15(16)18(28)26(17)14-10-8-13(21)9-11-14/h4-11H,12H2,1-3H3. The minimum absolute atomic E-state index is 0.201. The first-order chi connectivity index (χ1) is 13.8. The van der Waals surface area contributed by atoms with Gasteiger partial charge in [0.2, 0.25) is 5.16 Å². The number of para-hydroxylation sites is 1. The van der Waals surface area contributed by atoms with E-state index in [4.69, 9.17) is 4.98 Å². The Morgan fingerprint density at radius 1 is 1.07 bits per heavy atom. The predicted octanol–water partition coefficient (Wildman–Crippen LogP) is 3.56. The third kappa shape index (κ3) is 3.77. The Morgan fingerprint density at radius 3 is 2.52 bits per heavy atom. The maximum Gasteiger partial charge on any atom is 0.265 e. The fraction of sp³-hybridized carbons (Fsp3) is 0.250. The molecule has 0 aliphatic rings. The molecule has 4 rings (SSSR count). The molecule has 0 unspecified atom stereocenters. The number of halogens is 1. The molecule has 0 amide bonds. The van der Waals surface area contributed by atoms with Gasteiger partial charge >= 0.3 is 0 Å². The van der Waals surface area contributed by atoms with Crippen molar-refractivity contribution < 1.29 is 4.39 Å². The first-order valence-electron chi connectivity index (χ1n) is 9.03. The van der Waals surface area contributed by atoms with E-state index < -0.39 is 0 Å². The van der Waals surface area contributed by atoms with Crippen molar-refractivity contribution >= 4 is 22.7 Å². The van der Waals surface area contributed by atoms with Gasteiger partial charge in [-0.3, -0.25) is 9.36 Å². The zero-order chi connectivity index (χ0) is 20.6. The molecule has 0 bridgehead atoms. The van der Waals surface area contributed by atoms with Crippen LogP contribution in [0, 0.1) is 5.82 Å². The smallest absolute Gasteiger partial charge is 0.265 e. The van der Waals surface area contributed by atoms with Crippen LogP contribution in [0.25, 0.3) is 16.6 Å². The van der Waals surface area contributed by atoms with Gasteiger partial charge in [0.05, 0.1) is 27.9 Å². The maximum atomic E-state index is 13.4. The van der Waals surface area contributed by atoms with Crippen LogP contribution in [0.5, 0.6) is 0 Å². The average Bonchev–Trinajstić information content (AvgIpc) is 3.17. The van der Waals surface area contributed by atoms with Crippen LogP contribution in [-0.4, -0.2) is 29.8 Å². The lowest BCUT2D eigenvalue weighted by Gasteiger charge is -2.19. The Balaban J connectivity index is 1.81. The van der Waals surface area contributed by atoms with Crippen molar-refractivity contribution in [1.82, 2.24) is 29.8 Å². The molecule has 4 aromatic rings. The van der Waals surface area contributed by atoms with Crippen LogP contribution < -0.4 is 5.56 Å². The quantitative estimate of drug-likeness (QED) is 0.479. The van der Waals surface area contributed by atoms with Crippen molar-refractivity contribution in [2.24, 2.45) is 0 Å². The van der Waals surface area contributed by atoms with Gasteiger partial charge in [0.15, 0.2) is 0 Å². The lowest BCUT2D eigenvalue weighted by atomic mass is 10.1. The highest BCUT2D eigenvalue weighted by molar-refractivity contribution is 7.98. The SMILES string of the molecule is CC(C)(C)n1nnnc1SCc1nc2ccccc2c(=O)n1-c1ccc(F)cc1. The summed E-state index contributed by atoms with van der Waals surface area (Å²) in [7, 11) is 0. The van der Waals surface area contributed by atoms with E-state index in [0.717, 1.165) is 0 Å². The van der Waals surface area contributed by atoms with Crippen LogP contribution in [0.15, 0.2) is 58.5 Å². The summed E-state index contributed by atoms with van der Waals surface area (Å²) in [4.78, 5) is 17.9. The molecule has 2 aromatic carbocycles. The van der Waals surface area contributed by atoms with Crippen LogP contribution in [0.4, 0.5) is 4.39 Å². The monoisotopic (exact) mass is 410 g/mol. The van der Waals surface area contributed by atoms with Crippen molar-refractivity contribution in [3.8, 4) is 5.69 Å². The molecule has 148 valence electrons. The number of thioether (sulfide) groups is 1.